The van der Waals surface area contributed by atoms with Crippen LogP contribution in [-0.4, -0.2) is 15.0 Å². The summed E-state index contributed by atoms with van der Waals surface area (Å²) in [6, 6.07) is 52.2. The molecule has 0 atom stereocenters. The molecule has 0 fully saturated rings. The minimum absolute atomic E-state index is 0.612. The van der Waals surface area contributed by atoms with Crippen LogP contribution in [-0.2, 0) is 0 Å². The maximum atomic E-state index is 6.72. The molecule has 7 aromatic carbocycles. The highest BCUT2D eigenvalue weighted by Crippen LogP contribution is 2.41. The van der Waals surface area contributed by atoms with Gasteiger partial charge in [0.05, 0.1) is 0 Å². The number of nitrogens with zero attached hydrogens (tertiary/aromatic N) is 3. The van der Waals surface area contributed by atoms with E-state index in [2.05, 4.69) is 115 Å². The minimum Gasteiger partial charge on any atom is -0.455 e. The zero-order valence-electron chi connectivity index (χ0n) is 24.2. The van der Waals surface area contributed by atoms with E-state index in [0.717, 1.165) is 65.9 Å². The van der Waals surface area contributed by atoms with Gasteiger partial charge in [-0.15, -0.1) is 0 Å². The summed E-state index contributed by atoms with van der Waals surface area (Å²) in [5, 5.41) is 6.66. The van der Waals surface area contributed by atoms with Crippen molar-refractivity contribution < 1.29 is 4.42 Å². The normalized spacial score (nSPS) is 11.6. The quantitative estimate of drug-likeness (QED) is 0.209. The van der Waals surface area contributed by atoms with Crippen molar-refractivity contribution in [3.05, 3.63) is 152 Å². The Morgan fingerprint density at radius 2 is 0.933 bits per heavy atom. The number of rotatable bonds is 4. The van der Waals surface area contributed by atoms with Gasteiger partial charge in [-0.2, -0.15) is 0 Å². The Hall–Kier alpha value is -6.13. The molecular weight excluding hydrogens is 550 g/mol. The van der Waals surface area contributed by atoms with Crippen LogP contribution in [0.5, 0.6) is 0 Å². The molecule has 0 N–H and O–H groups in total. The van der Waals surface area contributed by atoms with Crippen molar-refractivity contribution in [2.24, 2.45) is 0 Å². The molecule has 45 heavy (non-hydrogen) atoms. The van der Waals surface area contributed by atoms with Gasteiger partial charge < -0.3 is 4.42 Å². The number of benzene rings is 7. The van der Waals surface area contributed by atoms with Crippen molar-refractivity contribution >= 4 is 43.5 Å². The Labute approximate surface area is 259 Å². The van der Waals surface area contributed by atoms with Crippen LogP contribution in [0.25, 0.3) is 88.8 Å². The van der Waals surface area contributed by atoms with Gasteiger partial charge in [0.25, 0.3) is 0 Å². The van der Waals surface area contributed by atoms with Crippen LogP contribution in [0, 0.1) is 0 Å². The Kier molecular flexibility index (Phi) is 5.78. The Morgan fingerprint density at radius 1 is 0.333 bits per heavy atom. The summed E-state index contributed by atoms with van der Waals surface area (Å²) < 4.78 is 6.72. The summed E-state index contributed by atoms with van der Waals surface area (Å²) in [6.45, 7) is 0. The van der Waals surface area contributed by atoms with E-state index in [0.29, 0.717) is 17.5 Å². The molecule has 0 bridgehead atoms. The first-order valence-electron chi connectivity index (χ1n) is 15.0. The van der Waals surface area contributed by atoms with Crippen LogP contribution in [0.15, 0.2) is 156 Å². The molecule has 0 amide bonds. The molecule has 9 rings (SSSR count). The van der Waals surface area contributed by atoms with Crippen LogP contribution in [0.4, 0.5) is 0 Å². The zero-order valence-corrected chi connectivity index (χ0v) is 24.2. The van der Waals surface area contributed by atoms with E-state index < -0.39 is 0 Å². The number of aromatic nitrogens is 3. The van der Waals surface area contributed by atoms with E-state index >= 15 is 0 Å². The molecule has 0 aliphatic carbocycles. The van der Waals surface area contributed by atoms with E-state index in [1.54, 1.807) is 0 Å². The molecule has 0 saturated heterocycles. The molecule has 0 radical (unpaired) electrons. The maximum Gasteiger partial charge on any atom is 0.164 e. The predicted octanol–water partition coefficient (Wildman–Crippen LogP) is 10.7. The van der Waals surface area contributed by atoms with Crippen LogP contribution >= 0.6 is 0 Å². The van der Waals surface area contributed by atoms with Gasteiger partial charge in [-0.25, -0.2) is 15.0 Å². The fraction of sp³-hybridized carbons (Fsp3) is 0. The molecule has 0 saturated carbocycles. The van der Waals surface area contributed by atoms with Gasteiger partial charge >= 0.3 is 0 Å². The van der Waals surface area contributed by atoms with Gasteiger partial charge in [0.2, 0.25) is 0 Å². The summed E-state index contributed by atoms with van der Waals surface area (Å²) in [4.78, 5) is 15.2. The number of furan rings is 1. The molecule has 4 heteroatoms. The van der Waals surface area contributed by atoms with Crippen molar-refractivity contribution in [1.29, 1.82) is 0 Å². The Bertz CT molecular complexity index is 2540. The molecule has 0 aliphatic rings. The van der Waals surface area contributed by atoms with Crippen LogP contribution in [0.1, 0.15) is 0 Å². The van der Waals surface area contributed by atoms with Gasteiger partial charge in [-0.1, -0.05) is 127 Å². The first-order valence-corrected chi connectivity index (χ1v) is 15.0. The third-order valence-corrected chi connectivity index (χ3v) is 8.48. The maximum absolute atomic E-state index is 6.72. The van der Waals surface area contributed by atoms with Crippen molar-refractivity contribution in [2.45, 2.75) is 0 Å². The Balaban J connectivity index is 1.33. The second-order valence-electron chi connectivity index (χ2n) is 11.3. The topological polar surface area (TPSA) is 51.8 Å². The number of fused-ring (bicyclic) bond motifs is 6. The average Bonchev–Trinajstić information content (AvgIpc) is 3.51. The average molecular weight is 576 g/mol. The van der Waals surface area contributed by atoms with Gasteiger partial charge in [0.1, 0.15) is 11.2 Å². The summed E-state index contributed by atoms with van der Waals surface area (Å²) >= 11 is 0. The lowest BCUT2D eigenvalue weighted by Crippen LogP contribution is -2.00. The summed E-state index contributed by atoms with van der Waals surface area (Å²) in [5.41, 5.74) is 6.58. The highest BCUT2D eigenvalue weighted by atomic mass is 16.3. The van der Waals surface area contributed by atoms with E-state index in [-0.39, 0.29) is 0 Å². The highest BCUT2D eigenvalue weighted by molar-refractivity contribution is 6.18. The Morgan fingerprint density at radius 3 is 1.71 bits per heavy atom. The van der Waals surface area contributed by atoms with Gasteiger partial charge in [0, 0.05) is 38.4 Å². The smallest absolute Gasteiger partial charge is 0.164 e. The van der Waals surface area contributed by atoms with Crippen molar-refractivity contribution in [1.82, 2.24) is 15.0 Å². The second-order valence-corrected chi connectivity index (χ2v) is 11.3. The first-order chi connectivity index (χ1) is 22.3. The van der Waals surface area contributed by atoms with Crippen LogP contribution in [0.3, 0.4) is 0 Å². The molecule has 0 unspecified atom stereocenters. The third kappa shape index (κ3) is 4.35. The third-order valence-electron chi connectivity index (χ3n) is 8.48. The standard InChI is InChI=1S/C41H25N3O/c1-3-12-27(13-4-1)35-24-32(25-36-34-22-21-28-14-9-10-18-33(28)37(34)45-38(35)36)41-43-39(29-15-5-2-6-16-29)42-40(44-41)31-20-19-26-11-7-8-17-30(26)23-31/h1-25H. The SMILES string of the molecule is c1ccc(-c2nc(-c3ccc4ccccc4c3)nc(-c3cc(-c4ccccc4)c4oc5c6ccccc6ccc5c4c3)n2)cc1. The first kappa shape index (κ1) is 25.4. The van der Waals surface area contributed by atoms with Crippen LogP contribution < -0.4 is 0 Å². The van der Waals surface area contributed by atoms with Crippen molar-refractivity contribution in [3.63, 3.8) is 0 Å². The van der Waals surface area contributed by atoms with Crippen molar-refractivity contribution in [3.8, 4) is 45.3 Å². The van der Waals surface area contributed by atoms with Gasteiger partial charge in [-0.05, 0) is 46.0 Å². The molecule has 0 aliphatic heterocycles. The molecule has 210 valence electrons. The van der Waals surface area contributed by atoms with Gasteiger partial charge in [0.15, 0.2) is 17.5 Å². The fourth-order valence-electron chi connectivity index (χ4n) is 6.25. The molecule has 9 aromatic rings. The highest BCUT2D eigenvalue weighted by Gasteiger charge is 2.19. The summed E-state index contributed by atoms with van der Waals surface area (Å²) in [5.74, 6) is 1.88. The molecule has 4 nitrogen and oxygen atoms in total. The number of hydrogen-bond acceptors (Lipinski definition) is 4. The number of hydrogen-bond donors (Lipinski definition) is 0. The summed E-state index contributed by atoms with van der Waals surface area (Å²) in [7, 11) is 0. The molecular formula is C41H25N3O. The van der Waals surface area contributed by atoms with Crippen molar-refractivity contribution in [2.75, 3.05) is 0 Å². The van der Waals surface area contributed by atoms with E-state index in [4.69, 9.17) is 19.4 Å². The van der Waals surface area contributed by atoms with Crippen LogP contribution in [0.2, 0.25) is 0 Å². The molecule has 2 heterocycles. The molecule has 2 aromatic heterocycles. The largest absolute Gasteiger partial charge is 0.455 e. The molecule has 0 spiro atoms. The fourth-order valence-corrected chi connectivity index (χ4v) is 6.25. The van der Waals surface area contributed by atoms with Gasteiger partial charge in [-0.3, -0.25) is 0 Å². The monoisotopic (exact) mass is 575 g/mol. The lowest BCUT2D eigenvalue weighted by atomic mass is 9.98. The van der Waals surface area contributed by atoms with E-state index in [9.17, 15) is 0 Å². The lowest BCUT2D eigenvalue weighted by Gasteiger charge is -2.11. The minimum atomic E-state index is 0.612. The lowest BCUT2D eigenvalue weighted by molar-refractivity contribution is 0.674. The second kappa shape index (κ2) is 10.2. The summed E-state index contributed by atoms with van der Waals surface area (Å²) in [6.07, 6.45) is 0. The van der Waals surface area contributed by atoms with E-state index in [1.807, 2.05) is 36.4 Å². The zero-order chi connectivity index (χ0) is 29.7. The van der Waals surface area contributed by atoms with E-state index in [1.165, 1.54) is 5.39 Å². The predicted molar refractivity (Wildman–Crippen MR) is 184 cm³/mol.